The average Bonchev–Trinajstić information content (AvgIpc) is 3.74. The van der Waals surface area contributed by atoms with E-state index in [1.54, 1.807) is 4.90 Å². The second-order valence-electron chi connectivity index (χ2n) is 10.9. The number of cyclic esters (lactones) is 1. The van der Waals surface area contributed by atoms with Crippen molar-refractivity contribution in [1.29, 1.82) is 0 Å². The van der Waals surface area contributed by atoms with E-state index < -0.39 is 46.5 Å². The number of halogens is 2. The third-order valence-corrected chi connectivity index (χ3v) is 7.91. The Labute approximate surface area is 237 Å². The number of carbonyl (C=O) groups is 2. The number of piperidine rings is 1. The molecule has 0 spiro atoms. The van der Waals surface area contributed by atoms with E-state index in [1.807, 2.05) is 0 Å². The minimum atomic E-state index is -1.47. The van der Waals surface area contributed by atoms with E-state index in [2.05, 4.69) is 5.10 Å². The van der Waals surface area contributed by atoms with Crippen LogP contribution in [-0.4, -0.2) is 81.7 Å². The Hall–Kier alpha value is -4.30. The molecular weight excluding hydrogens is 558 g/mol. The van der Waals surface area contributed by atoms with E-state index in [0.717, 1.165) is 25.0 Å². The topological polar surface area (TPSA) is 155 Å². The fourth-order valence-corrected chi connectivity index (χ4v) is 5.36. The van der Waals surface area contributed by atoms with Gasteiger partial charge in [-0.1, -0.05) is 0 Å². The van der Waals surface area contributed by atoms with Crippen LogP contribution in [0.4, 0.5) is 25.0 Å². The molecule has 2 aliphatic heterocycles. The number of benzene rings is 2. The van der Waals surface area contributed by atoms with Crippen LogP contribution in [0.2, 0.25) is 0 Å². The molecule has 2 saturated heterocycles. The van der Waals surface area contributed by atoms with Crippen LogP contribution in [0.1, 0.15) is 42.2 Å². The van der Waals surface area contributed by atoms with E-state index in [1.165, 1.54) is 27.8 Å². The Morgan fingerprint density at radius 2 is 1.86 bits per heavy atom. The molecule has 3 aromatic rings. The first-order valence-electron chi connectivity index (χ1n) is 13.5. The van der Waals surface area contributed by atoms with Gasteiger partial charge in [-0.25, -0.2) is 18.4 Å². The van der Waals surface area contributed by atoms with Crippen molar-refractivity contribution in [3.63, 3.8) is 0 Å². The second-order valence-corrected chi connectivity index (χ2v) is 10.9. The summed E-state index contributed by atoms with van der Waals surface area (Å²) in [5.74, 6) is -3.02. The summed E-state index contributed by atoms with van der Waals surface area (Å²) in [6.45, 7) is -0.00961. The molecule has 14 heteroatoms. The molecule has 3 aliphatic rings. The zero-order chi connectivity index (χ0) is 29.8. The molecule has 0 radical (unpaired) electrons. The van der Waals surface area contributed by atoms with E-state index in [4.69, 9.17) is 9.47 Å². The third-order valence-electron chi connectivity index (χ3n) is 7.91. The lowest BCUT2D eigenvalue weighted by Crippen LogP contribution is -2.48. The number of ether oxygens (including phenoxy) is 2. The number of aromatic carboxylic acids is 1. The van der Waals surface area contributed by atoms with Crippen LogP contribution in [0.3, 0.4) is 0 Å². The number of carboxylic acid groups (broad SMARTS) is 1. The SMILES string of the molecule is O=C(O)c1nn(C2CC2)c2cc(N3CCC(O)(COc4ccc(N5C[C@H](CO)OC5=O)cc4F)CC3)c(F)cc2c1=O. The molecule has 222 valence electrons. The minimum absolute atomic E-state index is 0.0552. The molecule has 3 N–H and O–H groups in total. The molecule has 2 aromatic carbocycles. The van der Waals surface area contributed by atoms with Gasteiger partial charge in [0, 0.05) is 19.2 Å². The molecule has 1 atom stereocenters. The lowest BCUT2D eigenvalue weighted by Gasteiger charge is -2.39. The predicted molar refractivity (Wildman–Crippen MR) is 144 cm³/mol. The first kappa shape index (κ1) is 27.8. The highest BCUT2D eigenvalue weighted by Gasteiger charge is 2.36. The molecule has 3 heterocycles. The number of nitrogens with zero attached hydrogens (tertiary/aromatic N) is 4. The number of aromatic nitrogens is 2. The van der Waals surface area contributed by atoms with Crippen molar-refractivity contribution in [2.24, 2.45) is 0 Å². The summed E-state index contributed by atoms with van der Waals surface area (Å²) < 4.78 is 42.1. The molecule has 6 rings (SSSR count). The number of carboxylic acids is 1. The maximum atomic E-state index is 15.3. The number of anilines is 2. The molecule has 1 saturated carbocycles. The van der Waals surface area contributed by atoms with Gasteiger partial charge in [0.25, 0.3) is 0 Å². The van der Waals surface area contributed by atoms with Crippen LogP contribution in [0.5, 0.6) is 5.75 Å². The monoisotopic (exact) mass is 586 g/mol. The summed E-state index contributed by atoms with van der Waals surface area (Å²) in [5, 5.41) is 33.7. The highest BCUT2D eigenvalue weighted by molar-refractivity contribution is 5.92. The minimum Gasteiger partial charge on any atom is -0.488 e. The third kappa shape index (κ3) is 5.11. The molecule has 0 unspecified atom stereocenters. The summed E-state index contributed by atoms with van der Waals surface area (Å²) in [5.41, 5.74) is -2.03. The quantitative estimate of drug-likeness (QED) is 0.359. The molecule has 12 nitrogen and oxygen atoms in total. The smallest absolute Gasteiger partial charge is 0.414 e. The van der Waals surface area contributed by atoms with Gasteiger partial charge in [0.05, 0.1) is 41.5 Å². The van der Waals surface area contributed by atoms with Crippen LogP contribution in [0.15, 0.2) is 35.1 Å². The van der Waals surface area contributed by atoms with Gasteiger partial charge >= 0.3 is 12.1 Å². The van der Waals surface area contributed by atoms with Gasteiger partial charge in [-0.2, -0.15) is 5.10 Å². The molecule has 1 aromatic heterocycles. The summed E-state index contributed by atoms with van der Waals surface area (Å²) in [6.07, 6.45) is 0.514. The van der Waals surface area contributed by atoms with Gasteiger partial charge in [-0.3, -0.25) is 14.4 Å². The number of fused-ring (bicyclic) bond motifs is 1. The zero-order valence-electron chi connectivity index (χ0n) is 22.3. The average molecular weight is 587 g/mol. The predicted octanol–water partition coefficient (Wildman–Crippen LogP) is 2.44. The Kier molecular flexibility index (Phi) is 6.97. The van der Waals surface area contributed by atoms with Crippen molar-refractivity contribution >= 4 is 34.3 Å². The van der Waals surface area contributed by atoms with Gasteiger partial charge in [-0.05, 0) is 49.9 Å². The number of amides is 1. The highest BCUT2D eigenvalue weighted by atomic mass is 19.1. The van der Waals surface area contributed by atoms with Crippen molar-refractivity contribution in [2.45, 2.75) is 43.4 Å². The van der Waals surface area contributed by atoms with Crippen molar-refractivity contribution in [3.05, 3.63) is 57.9 Å². The van der Waals surface area contributed by atoms with Crippen LogP contribution in [-0.2, 0) is 4.74 Å². The fourth-order valence-electron chi connectivity index (χ4n) is 5.36. The van der Waals surface area contributed by atoms with Crippen molar-refractivity contribution < 1.29 is 43.2 Å². The van der Waals surface area contributed by atoms with E-state index >= 15 is 4.39 Å². The van der Waals surface area contributed by atoms with Crippen LogP contribution < -0.4 is 20.0 Å². The fraction of sp³-hybridized carbons (Fsp3) is 0.429. The lowest BCUT2D eigenvalue weighted by atomic mass is 9.92. The van der Waals surface area contributed by atoms with Crippen LogP contribution in [0, 0.1) is 11.6 Å². The van der Waals surface area contributed by atoms with Crippen molar-refractivity contribution in [2.75, 3.05) is 42.6 Å². The van der Waals surface area contributed by atoms with Crippen LogP contribution in [0.25, 0.3) is 10.9 Å². The second kappa shape index (κ2) is 10.5. The van der Waals surface area contributed by atoms with Crippen LogP contribution >= 0.6 is 0 Å². The standard InChI is InChI=1S/C28H28F2N4O8/c29-19-10-18-21(34(15-1-2-15)31-24(25(18)36)26(37)38)11-22(19)32-7-5-28(40,6-8-32)14-41-23-4-3-16(9-20(23)30)33-12-17(13-35)42-27(33)39/h3-4,9-11,15,17,35,40H,1-2,5-8,12-14H2,(H,37,38)/t17-/m1/s1. The maximum absolute atomic E-state index is 15.3. The largest absolute Gasteiger partial charge is 0.488 e. The number of aliphatic hydroxyl groups excluding tert-OH is 1. The van der Waals surface area contributed by atoms with Crippen molar-refractivity contribution in [3.8, 4) is 5.75 Å². The van der Waals surface area contributed by atoms with E-state index in [-0.39, 0.29) is 74.2 Å². The van der Waals surface area contributed by atoms with Crippen molar-refractivity contribution in [1.82, 2.24) is 9.78 Å². The summed E-state index contributed by atoms with van der Waals surface area (Å²) in [4.78, 5) is 39.1. The molecule has 3 fully saturated rings. The summed E-state index contributed by atoms with van der Waals surface area (Å²) in [6, 6.07) is 6.41. The van der Waals surface area contributed by atoms with Gasteiger partial charge in [0.1, 0.15) is 24.1 Å². The number of carbonyl (C=O) groups excluding carboxylic acids is 1. The first-order chi connectivity index (χ1) is 20.1. The molecule has 42 heavy (non-hydrogen) atoms. The summed E-state index contributed by atoms with van der Waals surface area (Å²) >= 11 is 0. The number of aliphatic hydroxyl groups is 2. The Morgan fingerprint density at radius 3 is 2.48 bits per heavy atom. The molecular formula is C28H28F2N4O8. The Morgan fingerprint density at radius 1 is 1.12 bits per heavy atom. The van der Waals surface area contributed by atoms with Gasteiger partial charge < -0.3 is 29.7 Å². The van der Waals surface area contributed by atoms with E-state index in [9.17, 15) is 34.1 Å². The molecule has 1 amide bonds. The number of hydrogen-bond donors (Lipinski definition) is 3. The number of hydrogen-bond acceptors (Lipinski definition) is 9. The normalized spacial score (nSPS) is 20.2. The molecule has 1 aliphatic carbocycles. The first-order valence-corrected chi connectivity index (χ1v) is 13.5. The van der Waals surface area contributed by atoms with E-state index in [0.29, 0.717) is 5.52 Å². The van der Waals surface area contributed by atoms with Gasteiger partial charge in [0.2, 0.25) is 11.1 Å². The lowest BCUT2D eigenvalue weighted by molar-refractivity contribution is -0.0250. The summed E-state index contributed by atoms with van der Waals surface area (Å²) in [7, 11) is 0. The Balaban J connectivity index is 1.14. The number of rotatable bonds is 8. The van der Waals surface area contributed by atoms with Gasteiger partial charge in [0.15, 0.2) is 11.6 Å². The zero-order valence-corrected chi connectivity index (χ0v) is 22.3. The van der Waals surface area contributed by atoms with Gasteiger partial charge in [-0.15, -0.1) is 0 Å². The molecule has 0 bridgehead atoms. The highest BCUT2D eigenvalue weighted by Crippen LogP contribution is 2.38. The Bertz CT molecular complexity index is 1630. The maximum Gasteiger partial charge on any atom is 0.414 e.